The molecule has 3 heterocycles. The molecular weight excluding hydrogens is 396 g/mol. The van der Waals surface area contributed by atoms with Crippen LogP contribution in [0.2, 0.25) is 0 Å². The van der Waals surface area contributed by atoms with E-state index in [2.05, 4.69) is 15.3 Å². The Balaban J connectivity index is 1.67. The van der Waals surface area contributed by atoms with Crippen molar-refractivity contribution in [1.82, 2.24) is 14.9 Å². The fourth-order valence-electron chi connectivity index (χ4n) is 4.46. The lowest BCUT2D eigenvalue weighted by Crippen LogP contribution is -2.74. The van der Waals surface area contributed by atoms with Crippen LogP contribution in [0.15, 0.2) is 60.7 Å². The van der Waals surface area contributed by atoms with Crippen LogP contribution in [0, 0.1) is 0 Å². The van der Waals surface area contributed by atoms with E-state index in [0.717, 1.165) is 16.8 Å². The van der Waals surface area contributed by atoms with Crippen LogP contribution in [-0.2, 0) is 10.3 Å². The van der Waals surface area contributed by atoms with Crippen LogP contribution >= 0.6 is 0 Å². The number of hydrogen-bond donors (Lipinski definition) is 1. The van der Waals surface area contributed by atoms with Gasteiger partial charge in [-0.1, -0.05) is 48.5 Å². The number of anilines is 1. The van der Waals surface area contributed by atoms with Gasteiger partial charge in [0.25, 0.3) is 5.91 Å². The van der Waals surface area contributed by atoms with Gasteiger partial charge in [0, 0.05) is 24.3 Å². The highest BCUT2D eigenvalue weighted by Gasteiger charge is 2.65. The second-order valence-corrected chi connectivity index (χ2v) is 7.33. The number of ether oxygens (including phenoxy) is 3. The Morgan fingerprint density at radius 1 is 1.00 bits per heavy atom. The maximum atomic E-state index is 13.3. The Labute approximate surface area is 179 Å². The van der Waals surface area contributed by atoms with E-state index >= 15 is 0 Å². The number of carbonyl (C=O) groups is 1. The zero-order valence-electron chi connectivity index (χ0n) is 17.2. The molecule has 2 atom stereocenters. The fourth-order valence-corrected chi connectivity index (χ4v) is 4.46. The molecule has 0 unspecified atom stereocenters. The molecule has 0 radical (unpaired) electrons. The van der Waals surface area contributed by atoms with Crippen LogP contribution in [0.4, 0.5) is 5.69 Å². The van der Waals surface area contributed by atoms with E-state index in [-0.39, 0.29) is 11.9 Å². The van der Waals surface area contributed by atoms with Crippen molar-refractivity contribution < 1.29 is 19.0 Å². The van der Waals surface area contributed by atoms with Crippen molar-refractivity contribution in [2.24, 2.45) is 0 Å². The van der Waals surface area contributed by atoms with Crippen LogP contribution < -0.4 is 19.5 Å². The summed E-state index contributed by atoms with van der Waals surface area (Å²) in [5, 5.41) is 3.44. The molecule has 1 fully saturated rings. The van der Waals surface area contributed by atoms with E-state index in [0.29, 0.717) is 24.8 Å². The number of para-hydroxylation sites is 1. The number of β-lactam (4-membered cyclic amide) rings is 1. The van der Waals surface area contributed by atoms with Crippen molar-refractivity contribution in [1.29, 1.82) is 0 Å². The van der Waals surface area contributed by atoms with E-state index in [1.807, 2.05) is 59.5 Å². The maximum Gasteiger partial charge on any atom is 0.323 e. The first-order chi connectivity index (χ1) is 15.2. The highest BCUT2D eigenvalue weighted by molar-refractivity contribution is 5.94. The molecule has 2 aliphatic heterocycles. The van der Waals surface area contributed by atoms with Crippen molar-refractivity contribution in [3.63, 3.8) is 0 Å². The summed E-state index contributed by atoms with van der Waals surface area (Å²) in [4.78, 5) is 23.7. The SMILES string of the molecule is COc1cc(OC)nc(O[C@@H]2C(=O)N3CCNc4ccccc4[C@]23c2ccccc2)n1. The zero-order valence-corrected chi connectivity index (χ0v) is 17.2. The molecule has 8 nitrogen and oxygen atoms in total. The third-order valence-corrected chi connectivity index (χ3v) is 5.80. The molecule has 0 aliphatic carbocycles. The minimum absolute atomic E-state index is 0.0270. The van der Waals surface area contributed by atoms with E-state index in [4.69, 9.17) is 14.2 Å². The van der Waals surface area contributed by atoms with Crippen molar-refractivity contribution in [3.05, 3.63) is 71.8 Å². The quantitative estimate of drug-likeness (QED) is 0.637. The molecule has 0 saturated carbocycles. The first kappa shape index (κ1) is 19.2. The second-order valence-electron chi connectivity index (χ2n) is 7.33. The first-order valence-electron chi connectivity index (χ1n) is 10.0. The van der Waals surface area contributed by atoms with Gasteiger partial charge in [0.15, 0.2) is 0 Å². The number of nitrogens with zero attached hydrogens (tertiary/aromatic N) is 3. The largest absolute Gasteiger partial charge is 0.481 e. The van der Waals surface area contributed by atoms with Gasteiger partial charge < -0.3 is 24.4 Å². The second kappa shape index (κ2) is 7.46. The Hall–Kier alpha value is -3.81. The maximum absolute atomic E-state index is 13.3. The first-order valence-corrected chi connectivity index (χ1v) is 10.0. The summed E-state index contributed by atoms with van der Waals surface area (Å²) in [6.07, 6.45) is -0.840. The van der Waals surface area contributed by atoms with E-state index < -0.39 is 11.6 Å². The van der Waals surface area contributed by atoms with Gasteiger partial charge in [0.1, 0.15) is 5.54 Å². The number of carbonyl (C=O) groups excluding carboxylic acids is 1. The Morgan fingerprint density at radius 2 is 1.68 bits per heavy atom. The number of hydrogen-bond acceptors (Lipinski definition) is 7. The Morgan fingerprint density at radius 3 is 2.39 bits per heavy atom. The van der Waals surface area contributed by atoms with Gasteiger partial charge >= 0.3 is 6.01 Å². The third kappa shape index (κ3) is 2.86. The van der Waals surface area contributed by atoms with Gasteiger partial charge in [-0.15, -0.1) is 0 Å². The van der Waals surface area contributed by atoms with Crippen molar-refractivity contribution in [3.8, 4) is 17.8 Å². The number of nitrogens with one attached hydrogen (secondary N) is 1. The minimum Gasteiger partial charge on any atom is -0.481 e. The molecule has 1 aromatic heterocycles. The number of amides is 1. The molecule has 3 aromatic rings. The molecule has 1 N–H and O–H groups in total. The number of methoxy groups -OCH3 is 2. The summed E-state index contributed by atoms with van der Waals surface area (Å²) >= 11 is 0. The lowest BCUT2D eigenvalue weighted by atomic mass is 9.69. The topological polar surface area (TPSA) is 85.8 Å². The molecule has 0 bridgehead atoms. The summed E-state index contributed by atoms with van der Waals surface area (Å²) in [6, 6.07) is 19.5. The van der Waals surface area contributed by atoms with Crippen molar-refractivity contribution in [2.75, 3.05) is 32.6 Å². The van der Waals surface area contributed by atoms with Crippen LogP contribution in [-0.4, -0.2) is 54.2 Å². The molecule has 1 saturated heterocycles. The number of fused-ring (bicyclic) bond motifs is 3. The molecule has 8 heteroatoms. The van der Waals surface area contributed by atoms with E-state index in [1.54, 1.807) is 6.07 Å². The molecule has 158 valence electrons. The summed E-state index contributed by atoms with van der Waals surface area (Å²) in [6.45, 7) is 1.19. The lowest BCUT2D eigenvalue weighted by Gasteiger charge is -2.56. The highest BCUT2D eigenvalue weighted by atomic mass is 16.5. The van der Waals surface area contributed by atoms with E-state index in [1.165, 1.54) is 14.2 Å². The zero-order chi connectivity index (χ0) is 21.4. The molecular formula is C23H22N4O4. The summed E-state index contributed by atoms with van der Waals surface area (Å²) in [5.74, 6) is 0.470. The van der Waals surface area contributed by atoms with Gasteiger partial charge in [-0.3, -0.25) is 4.79 Å². The minimum atomic E-state index is -0.840. The Kier molecular flexibility index (Phi) is 4.62. The number of benzene rings is 2. The molecule has 2 aliphatic rings. The molecule has 31 heavy (non-hydrogen) atoms. The monoisotopic (exact) mass is 418 g/mol. The fraction of sp³-hybridized carbons (Fsp3) is 0.261. The standard InChI is InChI=1S/C23H22N4O4/c1-29-18-14-19(30-2)26-22(25-18)31-20-21(28)27-13-12-24-17-11-7-6-10-16(17)23(20,27)15-8-4-3-5-9-15/h3-11,14,20,24H,12-13H2,1-2H3/t20-,23-/m1/s1. The normalized spacial score (nSPS) is 21.7. The predicted molar refractivity (Wildman–Crippen MR) is 113 cm³/mol. The lowest BCUT2D eigenvalue weighted by molar-refractivity contribution is -0.176. The van der Waals surface area contributed by atoms with Gasteiger partial charge in [0.2, 0.25) is 17.9 Å². The van der Waals surface area contributed by atoms with Gasteiger partial charge in [0.05, 0.1) is 20.3 Å². The van der Waals surface area contributed by atoms with Gasteiger partial charge in [-0.05, 0) is 11.6 Å². The molecule has 2 aromatic carbocycles. The van der Waals surface area contributed by atoms with Crippen LogP contribution in [0.5, 0.6) is 17.8 Å². The predicted octanol–water partition coefficient (Wildman–Crippen LogP) is 2.45. The number of aromatic nitrogens is 2. The van der Waals surface area contributed by atoms with Crippen LogP contribution in [0.1, 0.15) is 11.1 Å². The van der Waals surface area contributed by atoms with Crippen molar-refractivity contribution in [2.45, 2.75) is 11.6 Å². The van der Waals surface area contributed by atoms with Crippen molar-refractivity contribution >= 4 is 11.6 Å². The summed E-state index contributed by atoms with van der Waals surface area (Å²) in [5.41, 5.74) is 2.10. The smallest absolute Gasteiger partial charge is 0.323 e. The van der Waals surface area contributed by atoms with Crippen LogP contribution in [0.25, 0.3) is 0 Å². The highest BCUT2D eigenvalue weighted by Crippen LogP contribution is 2.51. The Bertz CT molecular complexity index is 1100. The third-order valence-electron chi connectivity index (χ3n) is 5.80. The summed E-state index contributed by atoms with van der Waals surface area (Å²) < 4.78 is 16.7. The number of rotatable bonds is 5. The van der Waals surface area contributed by atoms with Crippen LogP contribution in [0.3, 0.4) is 0 Å². The van der Waals surface area contributed by atoms with Gasteiger partial charge in [-0.25, -0.2) is 0 Å². The average molecular weight is 418 g/mol. The molecule has 1 amide bonds. The van der Waals surface area contributed by atoms with E-state index in [9.17, 15) is 4.79 Å². The molecule has 5 rings (SSSR count). The van der Waals surface area contributed by atoms with Gasteiger partial charge in [-0.2, -0.15) is 9.97 Å². The average Bonchev–Trinajstić information content (AvgIpc) is 2.98. The molecule has 0 spiro atoms. The summed E-state index contributed by atoms with van der Waals surface area (Å²) in [7, 11) is 3.00.